The Balaban J connectivity index is 2.11. The Bertz CT molecular complexity index is 326. The summed E-state index contributed by atoms with van der Waals surface area (Å²) in [5, 5.41) is -0.154. The molecule has 3 nitrogen and oxygen atoms in total. The van der Waals surface area contributed by atoms with Crippen molar-refractivity contribution in [1.29, 1.82) is 0 Å². The predicted molar refractivity (Wildman–Crippen MR) is 51.6 cm³/mol. The van der Waals surface area contributed by atoms with Gasteiger partial charge in [0, 0.05) is 9.84 Å². The second-order valence-corrected chi connectivity index (χ2v) is 7.15. The van der Waals surface area contributed by atoms with Crippen LogP contribution in [0.15, 0.2) is 0 Å². The molecular weight excluding hydrogens is 291 g/mol. The number of rotatable bonds is 0. The van der Waals surface area contributed by atoms with Crippen molar-refractivity contribution in [2.24, 2.45) is 11.8 Å². The lowest BCUT2D eigenvalue weighted by Crippen LogP contribution is -2.28. The van der Waals surface area contributed by atoms with Crippen LogP contribution in [0.4, 0.5) is 0 Å². The smallest absolute Gasteiger partial charge is 0.265 e. The van der Waals surface area contributed by atoms with Crippen molar-refractivity contribution in [3.05, 3.63) is 0 Å². The van der Waals surface area contributed by atoms with E-state index in [0.717, 1.165) is 12.8 Å². The van der Waals surface area contributed by atoms with E-state index in [-0.39, 0.29) is 11.4 Å². The first-order valence-electron chi connectivity index (χ1n) is 4.16. The molecule has 0 aromatic rings. The van der Waals surface area contributed by atoms with Crippen LogP contribution in [0.5, 0.6) is 0 Å². The number of hydrogen-bond acceptors (Lipinski definition) is 3. The average Bonchev–Trinajstić information content (AvgIpc) is 2.54. The molecule has 0 radical (unpaired) electrons. The molecule has 12 heavy (non-hydrogen) atoms. The quantitative estimate of drug-likeness (QED) is 0.380. The van der Waals surface area contributed by atoms with Gasteiger partial charge >= 0.3 is 0 Å². The molecule has 3 rings (SSSR count). The summed E-state index contributed by atoms with van der Waals surface area (Å²) >= 11 is 2.34. The van der Waals surface area contributed by atoms with Crippen LogP contribution in [0, 0.1) is 11.8 Å². The van der Waals surface area contributed by atoms with Crippen molar-refractivity contribution in [2.75, 3.05) is 0 Å². The average molecular weight is 300 g/mol. The summed E-state index contributed by atoms with van der Waals surface area (Å²) < 4.78 is 28.3. The molecule has 0 aromatic heterocycles. The standard InChI is InChI=1S/C7H9IO3S/c8-6-3-1-4-5(2-3)12(9,10)11-7(4)6/h3-7H,1-2H2. The van der Waals surface area contributed by atoms with Gasteiger partial charge in [0.2, 0.25) is 0 Å². The molecule has 68 valence electrons. The fraction of sp³-hybridized carbons (Fsp3) is 1.00. The van der Waals surface area contributed by atoms with Crippen molar-refractivity contribution in [2.45, 2.75) is 28.1 Å². The van der Waals surface area contributed by atoms with Crippen molar-refractivity contribution in [3.63, 3.8) is 0 Å². The highest BCUT2D eigenvalue weighted by Gasteiger charge is 2.63. The topological polar surface area (TPSA) is 43.4 Å². The van der Waals surface area contributed by atoms with Crippen LogP contribution in [0.2, 0.25) is 0 Å². The van der Waals surface area contributed by atoms with Gasteiger partial charge in [0.05, 0.1) is 11.4 Å². The molecule has 2 aliphatic carbocycles. The van der Waals surface area contributed by atoms with E-state index in [4.69, 9.17) is 4.18 Å². The fourth-order valence-electron chi connectivity index (χ4n) is 2.86. The number of halogens is 1. The monoisotopic (exact) mass is 300 g/mol. The molecule has 2 bridgehead atoms. The molecule has 0 aromatic carbocycles. The Morgan fingerprint density at radius 1 is 1.33 bits per heavy atom. The molecule has 2 saturated carbocycles. The first kappa shape index (κ1) is 7.99. The molecule has 5 atom stereocenters. The van der Waals surface area contributed by atoms with E-state index in [9.17, 15) is 8.42 Å². The molecule has 0 spiro atoms. The van der Waals surface area contributed by atoms with Crippen molar-refractivity contribution < 1.29 is 12.6 Å². The van der Waals surface area contributed by atoms with E-state index in [1.807, 2.05) is 0 Å². The fourth-order valence-corrected chi connectivity index (χ4v) is 6.22. The van der Waals surface area contributed by atoms with Crippen LogP contribution in [-0.4, -0.2) is 23.7 Å². The zero-order valence-electron chi connectivity index (χ0n) is 6.31. The van der Waals surface area contributed by atoms with Gasteiger partial charge < -0.3 is 0 Å². The summed E-state index contributed by atoms with van der Waals surface area (Å²) in [5.41, 5.74) is 0. The first-order valence-corrected chi connectivity index (χ1v) is 6.87. The van der Waals surface area contributed by atoms with Gasteiger partial charge in [-0.1, -0.05) is 22.6 Å². The van der Waals surface area contributed by atoms with Crippen LogP contribution in [0.25, 0.3) is 0 Å². The molecule has 1 heterocycles. The van der Waals surface area contributed by atoms with E-state index in [1.165, 1.54) is 0 Å². The van der Waals surface area contributed by atoms with Gasteiger partial charge in [-0.3, -0.25) is 4.18 Å². The SMILES string of the molecule is O=S1(=O)OC2C(I)C3CC2C1C3. The lowest BCUT2D eigenvalue weighted by atomic mass is 9.98. The Morgan fingerprint density at radius 3 is 2.67 bits per heavy atom. The largest absolute Gasteiger partial charge is 0.270 e. The Morgan fingerprint density at radius 2 is 2.08 bits per heavy atom. The molecular formula is C7H9IO3S. The van der Waals surface area contributed by atoms with Crippen molar-refractivity contribution in [1.82, 2.24) is 0 Å². The van der Waals surface area contributed by atoms with Gasteiger partial charge in [0.15, 0.2) is 0 Å². The maximum absolute atomic E-state index is 11.4. The summed E-state index contributed by atoms with van der Waals surface area (Å²) in [5.74, 6) is 0.921. The number of alkyl halides is 1. The van der Waals surface area contributed by atoms with Crippen molar-refractivity contribution >= 4 is 32.7 Å². The molecule has 3 aliphatic rings. The minimum Gasteiger partial charge on any atom is -0.265 e. The second-order valence-electron chi connectivity index (χ2n) is 3.93. The van der Waals surface area contributed by atoms with Gasteiger partial charge in [0.25, 0.3) is 10.1 Å². The summed E-state index contributed by atoms with van der Waals surface area (Å²) in [4.78, 5) is 0. The van der Waals surface area contributed by atoms with Crippen molar-refractivity contribution in [3.8, 4) is 0 Å². The van der Waals surface area contributed by atoms with E-state index in [0.29, 0.717) is 15.8 Å². The van der Waals surface area contributed by atoms with E-state index < -0.39 is 10.1 Å². The van der Waals surface area contributed by atoms with Gasteiger partial charge in [0.1, 0.15) is 0 Å². The van der Waals surface area contributed by atoms with Gasteiger partial charge in [-0.15, -0.1) is 0 Å². The predicted octanol–water partition coefficient (Wildman–Crippen LogP) is 0.927. The molecule has 5 heteroatoms. The maximum atomic E-state index is 11.4. The Labute approximate surface area is 85.1 Å². The van der Waals surface area contributed by atoms with Crippen LogP contribution in [0.3, 0.4) is 0 Å². The highest BCUT2D eigenvalue weighted by molar-refractivity contribution is 14.1. The third-order valence-corrected chi connectivity index (χ3v) is 6.89. The second kappa shape index (κ2) is 2.17. The lowest BCUT2D eigenvalue weighted by Gasteiger charge is -2.18. The van der Waals surface area contributed by atoms with Crippen LogP contribution in [-0.2, 0) is 14.3 Å². The summed E-state index contributed by atoms with van der Waals surface area (Å²) in [6.07, 6.45) is 1.93. The minimum absolute atomic E-state index is 0.0133. The molecule has 5 unspecified atom stereocenters. The Kier molecular flexibility index (Phi) is 1.45. The van der Waals surface area contributed by atoms with Crippen LogP contribution >= 0.6 is 22.6 Å². The van der Waals surface area contributed by atoms with Crippen LogP contribution in [0.1, 0.15) is 12.8 Å². The molecule has 1 saturated heterocycles. The van der Waals surface area contributed by atoms with Gasteiger partial charge in [-0.05, 0) is 18.8 Å². The number of hydrogen-bond donors (Lipinski definition) is 0. The Hall–Kier alpha value is 0.640. The van der Waals surface area contributed by atoms with Gasteiger partial charge in [-0.2, -0.15) is 8.42 Å². The highest BCUT2D eigenvalue weighted by Crippen LogP contribution is 2.56. The zero-order chi connectivity index (χ0) is 8.51. The van der Waals surface area contributed by atoms with E-state index in [1.54, 1.807) is 0 Å². The highest BCUT2D eigenvalue weighted by atomic mass is 127. The minimum atomic E-state index is -3.17. The third kappa shape index (κ3) is 0.778. The van der Waals surface area contributed by atoms with E-state index in [2.05, 4.69) is 22.6 Å². The molecule has 3 fully saturated rings. The summed E-state index contributed by atoms with van der Waals surface area (Å²) in [7, 11) is -3.17. The summed E-state index contributed by atoms with van der Waals surface area (Å²) in [6.45, 7) is 0. The maximum Gasteiger partial charge on any atom is 0.270 e. The molecule has 0 N–H and O–H groups in total. The zero-order valence-corrected chi connectivity index (χ0v) is 9.29. The third-order valence-electron chi connectivity index (χ3n) is 3.39. The van der Waals surface area contributed by atoms with E-state index >= 15 is 0 Å². The summed E-state index contributed by atoms with van der Waals surface area (Å²) in [6, 6.07) is 0. The first-order chi connectivity index (χ1) is 5.59. The van der Waals surface area contributed by atoms with Crippen LogP contribution < -0.4 is 0 Å². The normalized spacial score (nSPS) is 59.6. The van der Waals surface area contributed by atoms with Gasteiger partial charge in [-0.25, -0.2) is 0 Å². The lowest BCUT2D eigenvalue weighted by molar-refractivity contribution is 0.207. The number of fused-ring (bicyclic) bond motifs is 1. The molecule has 1 aliphatic heterocycles. The molecule has 0 amide bonds.